The SMILES string of the molecule is CC(C)C[C@H](N)C(=O)Nc1c(O)cccc1[N+](=O)[O-]. The number of amides is 1. The van der Waals surface area contributed by atoms with Gasteiger partial charge in [0.15, 0.2) is 5.69 Å². The lowest BCUT2D eigenvalue weighted by Gasteiger charge is -2.14. The number of para-hydroxylation sites is 1. The van der Waals surface area contributed by atoms with Crippen molar-refractivity contribution in [2.24, 2.45) is 11.7 Å². The number of carbonyl (C=O) groups is 1. The number of nitrogens with two attached hydrogens (primary N) is 1. The number of aromatic hydroxyl groups is 1. The molecule has 1 atom stereocenters. The Kier molecular flexibility index (Phi) is 4.82. The average Bonchev–Trinajstić information content (AvgIpc) is 2.30. The van der Waals surface area contributed by atoms with Crippen molar-refractivity contribution >= 4 is 17.3 Å². The summed E-state index contributed by atoms with van der Waals surface area (Å²) >= 11 is 0. The molecule has 7 nitrogen and oxygen atoms in total. The number of hydrogen-bond donors (Lipinski definition) is 3. The topological polar surface area (TPSA) is 118 Å². The van der Waals surface area contributed by atoms with Gasteiger partial charge in [-0.1, -0.05) is 19.9 Å². The minimum atomic E-state index is -0.779. The van der Waals surface area contributed by atoms with E-state index in [0.29, 0.717) is 6.42 Å². The first-order valence-electron chi connectivity index (χ1n) is 5.85. The molecule has 19 heavy (non-hydrogen) atoms. The zero-order chi connectivity index (χ0) is 14.6. The third-order valence-electron chi connectivity index (χ3n) is 2.53. The second-order valence-corrected chi connectivity index (χ2v) is 4.65. The minimum Gasteiger partial charge on any atom is -0.505 e. The fraction of sp³-hybridized carbons (Fsp3) is 0.417. The summed E-state index contributed by atoms with van der Waals surface area (Å²) in [5.74, 6) is -0.697. The molecule has 1 aromatic rings. The zero-order valence-corrected chi connectivity index (χ0v) is 10.8. The number of hydrogen-bond acceptors (Lipinski definition) is 5. The Bertz CT molecular complexity index is 488. The van der Waals surface area contributed by atoms with E-state index in [1.54, 1.807) is 0 Å². The maximum absolute atomic E-state index is 11.8. The number of phenols is 1. The second kappa shape index (κ2) is 6.14. The van der Waals surface area contributed by atoms with Gasteiger partial charge in [0.1, 0.15) is 5.75 Å². The van der Waals surface area contributed by atoms with Crippen molar-refractivity contribution in [2.45, 2.75) is 26.3 Å². The van der Waals surface area contributed by atoms with Gasteiger partial charge >= 0.3 is 0 Å². The van der Waals surface area contributed by atoms with Crippen LogP contribution in [0, 0.1) is 16.0 Å². The first kappa shape index (κ1) is 14.9. The van der Waals surface area contributed by atoms with Crippen LogP contribution in [-0.2, 0) is 4.79 Å². The second-order valence-electron chi connectivity index (χ2n) is 4.65. The van der Waals surface area contributed by atoms with Crippen LogP contribution in [0.4, 0.5) is 11.4 Å². The maximum atomic E-state index is 11.8. The molecule has 0 saturated carbocycles. The van der Waals surface area contributed by atoms with Crippen molar-refractivity contribution in [1.29, 1.82) is 0 Å². The van der Waals surface area contributed by atoms with Gasteiger partial charge in [-0.3, -0.25) is 14.9 Å². The van der Waals surface area contributed by atoms with E-state index in [1.807, 2.05) is 13.8 Å². The van der Waals surface area contributed by atoms with Gasteiger partial charge in [-0.15, -0.1) is 0 Å². The zero-order valence-electron chi connectivity index (χ0n) is 10.8. The lowest BCUT2D eigenvalue weighted by Crippen LogP contribution is -2.36. The number of benzene rings is 1. The third kappa shape index (κ3) is 3.92. The number of phenolic OH excluding ortho intramolecular Hbond substituents is 1. The van der Waals surface area contributed by atoms with Gasteiger partial charge in [-0.2, -0.15) is 0 Å². The summed E-state index contributed by atoms with van der Waals surface area (Å²) in [6, 6.07) is 3.01. The minimum absolute atomic E-state index is 0.222. The van der Waals surface area contributed by atoms with Crippen LogP contribution in [0.3, 0.4) is 0 Å². The van der Waals surface area contributed by atoms with E-state index >= 15 is 0 Å². The quantitative estimate of drug-likeness (QED) is 0.425. The molecule has 0 fully saturated rings. The maximum Gasteiger partial charge on any atom is 0.296 e. The molecule has 1 aromatic carbocycles. The molecule has 104 valence electrons. The van der Waals surface area contributed by atoms with E-state index < -0.39 is 16.9 Å². The van der Waals surface area contributed by atoms with Crippen LogP contribution < -0.4 is 11.1 Å². The molecular formula is C12H17N3O4. The molecule has 0 aromatic heterocycles. The van der Waals surface area contributed by atoms with Crippen LogP contribution in [-0.4, -0.2) is 22.0 Å². The van der Waals surface area contributed by atoms with E-state index in [-0.39, 0.29) is 23.0 Å². The Balaban J connectivity index is 2.93. The summed E-state index contributed by atoms with van der Waals surface area (Å²) in [4.78, 5) is 21.9. The lowest BCUT2D eigenvalue weighted by molar-refractivity contribution is -0.384. The summed E-state index contributed by atoms with van der Waals surface area (Å²) in [7, 11) is 0. The van der Waals surface area contributed by atoms with Gasteiger partial charge in [0.05, 0.1) is 11.0 Å². The molecule has 4 N–H and O–H groups in total. The number of carbonyl (C=O) groups excluding carboxylic acids is 1. The normalized spacial score (nSPS) is 12.2. The highest BCUT2D eigenvalue weighted by Gasteiger charge is 2.22. The molecule has 0 heterocycles. The molecule has 0 unspecified atom stereocenters. The molecule has 0 saturated heterocycles. The largest absolute Gasteiger partial charge is 0.505 e. The van der Waals surface area contributed by atoms with E-state index in [9.17, 15) is 20.0 Å². The monoisotopic (exact) mass is 267 g/mol. The fourth-order valence-corrected chi connectivity index (χ4v) is 1.64. The van der Waals surface area contributed by atoms with Gasteiger partial charge < -0.3 is 16.2 Å². The predicted octanol–water partition coefficient (Wildman–Crippen LogP) is 1.61. The van der Waals surface area contributed by atoms with E-state index in [4.69, 9.17) is 5.73 Å². The summed E-state index contributed by atoms with van der Waals surface area (Å²) in [6.45, 7) is 3.82. The van der Waals surface area contributed by atoms with Crippen molar-refractivity contribution in [3.63, 3.8) is 0 Å². The third-order valence-corrected chi connectivity index (χ3v) is 2.53. The van der Waals surface area contributed by atoms with Crippen LogP contribution in [0.5, 0.6) is 5.75 Å². The predicted molar refractivity (Wildman–Crippen MR) is 70.8 cm³/mol. The molecular weight excluding hydrogens is 250 g/mol. The average molecular weight is 267 g/mol. The number of rotatable bonds is 5. The highest BCUT2D eigenvalue weighted by atomic mass is 16.6. The number of nitro groups is 1. The summed E-state index contributed by atoms with van der Waals surface area (Å²) in [5.41, 5.74) is 5.08. The highest BCUT2D eigenvalue weighted by Crippen LogP contribution is 2.33. The lowest BCUT2D eigenvalue weighted by atomic mass is 10.0. The van der Waals surface area contributed by atoms with Crippen LogP contribution in [0.2, 0.25) is 0 Å². The Labute approximate surface area is 110 Å². The van der Waals surface area contributed by atoms with Crippen molar-refractivity contribution < 1.29 is 14.8 Å². The first-order chi connectivity index (χ1) is 8.82. The van der Waals surface area contributed by atoms with E-state index in [1.165, 1.54) is 18.2 Å². The summed E-state index contributed by atoms with van der Waals surface area (Å²) < 4.78 is 0. The van der Waals surface area contributed by atoms with Crippen molar-refractivity contribution in [2.75, 3.05) is 5.32 Å². The van der Waals surface area contributed by atoms with Gasteiger partial charge in [-0.25, -0.2) is 0 Å². The first-order valence-corrected chi connectivity index (χ1v) is 5.85. The Morgan fingerprint density at radius 2 is 2.16 bits per heavy atom. The molecule has 1 amide bonds. The summed E-state index contributed by atoms with van der Waals surface area (Å²) in [6.07, 6.45) is 0.452. The molecule has 0 aliphatic carbocycles. The fourth-order valence-electron chi connectivity index (χ4n) is 1.64. The smallest absolute Gasteiger partial charge is 0.296 e. The van der Waals surface area contributed by atoms with Gasteiger partial charge in [-0.05, 0) is 18.4 Å². The van der Waals surface area contributed by atoms with Crippen molar-refractivity contribution in [3.8, 4) is 5.75 Å². The van der Waals surface area contributed by atoms with E-state index in [2.05, 4.69) is 5.32 Å². The Morgan fingerprint density at radius 3 is 2.68 bits per heavy atom. The van der Waals surface area contributed by atoms with Gasteiger partial charge in [0.2, 0.25) is 5.91 Å². The Morgan fingerprint density at radius 1 is 1.53 bits per heavy atom. The molecule has 0 radical (unpaired) electrons. The van der Waals surface area contributed by atoms with Crippen LogP contribution >= 0.6 is 0 Å². The van der Waals surface area contributed by atoms with E-state index in [0.717, 1.165) is 0 Å². The van der Waals surface area contributed by atoms with Crippen LogP contribution in [0.15, 0.2) is 18.2 Å². The molecule has 0 spiro atoms. The molecule has 7 heteroatoms. The molecule has 0 aliphatic heterocycles. The summed E-state index contributed by atoms with van der Waals surface area (Å²) in [5, 5.41) is 22.7. The highest BCUT2D eigenvalue weighted by molar-refractivity contribution is 5.98. The molecule has 0 aliphatic rings. The number of anilines is 1. The molecule has 1 rings (SSSR count). The van der Waals surface area contributed by atoms with Crippen LogP contribution in [0.25, 0.3) is 0 Å². The van der Waals surface area contributed by atoms with Crippen molar-refractivity contribution in [1.82, 2.24) is 0 Å². The number of nitrogens with zero attached hydrogens (tertiary/aromatic N) is 1. The van der Waals surface area contributed by atoms with Gasteiger partial charge in [0.25, 0.3) is 5.69 Å². The van der Waals surface area contributed by atoms with Crippen molar-refractivity contribution in [3.05, 3.63) is 28.3 Å². The standard InChI is InChI=1S/C12H17N3O4/c1-7(2)6-8(13)12(17)14-11-9(15(18)19)4-3-5-10(11)16/h3-5,7-8,16H,6,13H2,1-2H3,(H,14,17)/t8-/m0/s1. The number of nitro benzene ring substituents is 1. The van der Waals surface area contributed by atoms with Crippen LogP contribution in [0.1, 0.15) is 20.3 Å². The Hall–Kier alpha value is -2.15. The molecule has 0 bridgehead atoms. The number of nitrogens with one attached hydrogen (secondary N) is 1. The van der Waals surface area contributed by atoms with Gasteiger partial charge in [0, 0.05) is 6.07 Å².